The third-order valence-electron chi connectivity index (χ3n) is 3.02. The molecule has 0 bridgehead atoms. The quantitative estimate of drug-likeness (QED) is 0.921. The summed E-state index contributed by atoms with van der Waals surface area (Å²) < 4.78 is 2.24. The van der Waals surface area contributed by atoms with Crippen molar-refractivity contribution < 1.29 is 4.79 Å². The maximum Gasteiger partial charge on any atom is 0.275 e. The topological polar surface area (TPSA) is 46.9 Å². The summed E-state index contributed by atoms with van der Waals surface area (Å²) in [5.74, 6) is -0.165. The highest BCUT2D eigenvalue weighted by Crippen LogP contribution is 2.24. The van der Waals surface area contributed by atoms with Gasteiger partial charge in [0.05, 0.1) is 10.7 Å². The summed E-state index contributed by atoms with van der Waals surface area (Å²) in [7, 11) is 1.74. The van der Waals surface area contributed by atoms with Crippen LogP contribution in [-0.2, 0) is 7.05 Å². The molecular formula is C14H16BrN3O. The molecule has 1 amide bonds. The molecule has 2 rings (SSSR count). The molecule has 0 aliphatic carbocycles. The van der Waals surface area contributed by atoms with Crippen molar-refractivity contribution in [2.45, 2.75) is 20.8 Å². The molecule has 4 nitrogen and oxygen atoms in total. The van der Waals surface area contributed by atoms with Crippen LogP contribution in [0.3, 0.4) is 0 Å². The first-order valence-electron chi connectivity index (χ1n) is 5.97. The number of halogens is 1. The van der Waals surface area contributed by atoms with Crippen LogP contribution >= 0.6 is 15.9 Å². The highest BCUT2D eigenvalue weighted by atomic mass is 79.9. The predicted molar refractivity (Wildman–Crippen MR) is 79.5 cm³/mol. The average Bonchev–Trinajstić information content (AvgIpc) is 2.63. The van der Waals surface area contributed by atoms with E-state index < -0.39 is 0 Å². The SMILES string of the molecule is Cc1cc(C)c(NC(=O)c2c(Br)cnn2C)c(C)c1. The summed E-state index contributed by atoms with van der Waals surface area (Å²) in [6.45, 7) is 6.03. The van der Waals surface area contributed by atoms with Gasteiger partial charge in [0.25, 0.3) is 5.91 Å². The summed E-state index contributed by atoms with van der Waals surface area (Å²) in [6.07, 6.45) is 1.61. The van der Waals surface area contributed by atoms with E-state index in [1.807, 2.05) is 20.8 Å². The zero-order valence-electron chi connectivity index (χ0n) is 11.4. The van der Waals surface area contributed by atoms with Gasteiger partial charge in [-0.25, -0.2) is 0 Å². The number of carbonyl (C=O) groups excluding carboxylic acids is 1. The number of nitrogens with one attached hydrogen (secondary N) is 1. The zero-order valence-corrected chi connectivity index (χ0v) is 13.0. The van der Waals surface area contributed by atoms with Gasteiger partial charge in [-0.2, -0.15) is 5.10 Å². The first-order valence-corrected chi connectivity index (χ1v) is 6.76. The number of carbonyl (C=O) groups is 1. The maximum atomic E-state index is 12.3. The second-order valence-electron chi connectivity index (χ2n) is 4.69. The second-order valence-corrected chi connectivity index (χ2v) is 5.55. The lowest BCUT2D eigenvalue weighted by atomic mass is 10.1. The van der Waals surface area contributed by atoms with Crippen LogP contribution in [-0.4, -0.2) is 15.7 Å². The smallest absolute Gasteiger partial charge is 0.275 e. The van der Waals surface area contributed by atoms with Gasteiger partial charge in [-0.1, -0.05) is 17.7 Å². The van der Waals surface area contributed by atoms with Crippen LogP contribution in [0.2, 0.25) is 0 Å². The van der Waals surface area contributed by atoms with Gasteiger partial charge < -0.3 is 5.32 Å². The third kappa shape index (κ3) is 2.71. The van der Waals surface area contributed by atoms with Crippen molar-refractivity contribution >= 4 is 27.5 Å². The molecule has 0 saturated heterocycles. The molecule has 0 saturated carbocycles. The van der Waals surface area contributed by atoms with Crippen LogP contribution in [0.4, 0.5) is 5.69 Å². The molecule has 19 heavy (non-hydrogen) atoms. The lowest BCUT2D eigenvalue weighted by molar-refractivity contribution is 0.101. The van der Waals surface area contributed by atoms with E-state index in [9.17, 15) is 4.79 Å². The maximum absolute atomic E-state index is 12.3. The van der Waals surface area contributed by atoms with Gasteiger partial charge in [-0.3, -0.25) is 9.48 Å². The number of hydrogen-bond acceptors (Lipinski definition) is 2. The summed E-state index contributed by atoms with van der Waals surface area (Å²) in [5.41, 5.74) is 4.69. The van der Waals surface area contributed by atoms with E-state index in [1.54, 1.807) is 17.9 Å². The summed E-state index contributed by atoms with van der Waals surface area (Å²) in [4.78, 5) is 12.3. The van der Waals surface area contributed by atoms with E-state index in [1.165, 1.54) is 5.56 Å². The monoisotopic (exact) mass is 321 g/mol. The van der Waals surface area contributed by atoms with Crippen molar-refractivity contribution in [2.24, 2.45) is 7.05 Å². The Labute approximate surface area is 120 Å². The van der Waals surface area contributed by atoms with Crippen molar-refractivity contribution in [2.75, 3.05) is 5.32 Å². The third-order valence-corrected chi connectivity index (χ3v) is 3.61. The number of hydrogen-bond donors (Lipinski definition) is 1. The largest absolute Gasteiger partial charge is 0.320 e. The number of aryl methyl sites for hydroxylation is 4. The zero-order chi connectivity index (χ0) is 14.2. The molecule has 1 aromatic heterocycles. The van der Waals surface area contributed by atoms with Crippen molar-refractivity contribution in [3.05, 3.63) is 45.2 Å². The van der Waals surface area contributed by atoms with Crippen LogP contribution in [0.25, 0.3) is 0 Å². The fraction of sp³-hybridized carbons (Fsp3) is 0.286. The number of anilines is 1. The van der Waals surface area contributed by atoms with Crippen LogP contribution in [0.15, 0.2) is 22.8 Å². The molecule has 1 heterocycles. The summed E-state index contributed by atoms with van der Waals surface area (Å²) in [6, 6.07) is 4.11. The number of nitrogens with zero attached hydrogens (tertiary/aromatic N) is 2. The molecule has 1 aromatic carbocycles. The molecule has 0 fully saturated rings. The van der Waals surface area contributed by atoms with Gasteiger partial charge in [-0.15, -0.1) is 0 Å². The van der Waals surface area contributed by atoms with E-state index in [0.717, 1.165) is 16.8 Å². The van der Waals surface area contributed by atoms with Gasteiger partial charge in [0.15, 0.2) is 0 Å². The van der Waals surface area contributed by atoms with Crippen molar-refractivity contribution in [1.82, 2.24) is 9.78 Å². The van der Waals surface area contributed by atoms with Crippen LogP contribution in [0.1, 0.15) is 27.2 Å². The Balaban J connectivity index is 2.35. The molecular weight excluding hydrogens is 306 g/mol. The van der Waals surface area contributed by atoms with Crippen molar-refractivity contribution in [3.63, 3.8) is 0 Å². The van der Waals surface area contributed by atoms with E-state index >= 15 is 0 Å². The first kappa shape index (κ1) is 13.8. The van der Waals surface area contributed by atoms with Gasteiger partial charge in [0.1, 0.15) is 5.69 Å². The molecule has 100 valence electrons. The average molecular weight is 322 g/mol. The Kier molecular flexibility index (Phi) is 3.75. The normalized spacial score (nSPS) is 10.6. The van der Waals surface area contributed by atoms with Gasteiger partial charge in [0.2, 0.25) is 0 Å². The van der Waals surface area contributed by atoms with Crippen LogP contribution in [0, 0.1) is 20.8 Å². The standard InChI is InChI=1S/C14H16BrN3O/c1-8-5-9(2)12(10(3)6-8)17-14(19)13-11(15)7-16-18(13)4/h5-7H,1-4H3,(H,17,19). The molecule has 0 aliphatic rings. The number of amides is 1. The highest BCUT2D eigenvalue weighted by Gasteiger charge is 2.17. The fourth-order valence-corrected chi connectivity index (χ4v) is 2.74. The van der Waals surface area contributed by atoms with E-state index in [0.29, 0.717) is 10.2 Å². The van der Waals surface area contributed by atoms with Crippen molar-refractivity contribution in [3.8, 4) is 0 Å². The molecule has 0 aliphatic heterocycles. The molecule has 0 radical (unpaired) electrons. The molecule has 0 spiro atoms. The van der Waals surface area contributed by atoms with E-state index in [4.69, 9.17) is 0 Å². The minimum atomic E-state index is -0.165. The fourth-order valence-electron chi connectivity index (χ4n) is 2.22. The Morgan fingerprint density at radius 1 is 1.26 bits per heavy atom. The minimum Gasteiger partial charge on any atom is -0.320 e. The van der Waals surface area contributed by atoms with Gasteiger partial charge in [0, 0.05) is 12.7 Å². The minimum absolute atomic E-state index is 0.165. The second kappa shape index (κ2) is 5.17. The van der Waals surface area contributed by atoms with Gasteiger partial charge in [-0.05, 0) is 47.8 Å². The van der Waals surface area contributed by atoms with Crippen LogP contribution < -0.4 is 5.32 Å². The van der Waals surface area contributed by atoms with Crippen molar-refractivity contribution in [1.29, 1.82) is 0 Å². The molecule has 5 heteroatoms. The summed E-state index contributed by atoms with van der Waals surface area (Å²) in [5, 5.41) is 7.01. The number of benzene rings is 1. The number of aromatic nitrogens is 2. The number of rotatable bonds is 2. The predicted octanol–water partition coefficient (Wildman–Crippen LogP) is 3.36. The lowest BCUT2D eigenvalue weighted by Gasteiger charge is -2.13. The van der Waals surface area contributed by atoms with Crippen LogP contribution in [0.5, 0.6) is 0 Å². The Hall–Kier alpha value is -1.62. The Morgan fingerprint density at radius 2 is 1.84 bits per heavy atom. The highest BCUT2D eigenvalue weighted by molar-refractivity contribution is 9.10. The van der Waals surface area contributed by atoms with E-state index in [2.05, 4.69) is 38.5 Å². The molecule has 1 N–H and O–H groups in total. The molecule has 0 unspecified atom stereocenters. The van der Waals surface area contributed by atoms with E-state index in [-0.39, 0.29) is 5.91 Å². The Bertz CT molecular complexity index is 604. The molecule has 0 atom stereocenters. The lowest BCUT2D eigenvalue weighted by Crippen LogP contribution is -2.18. The first-order chi connectivity index (χ1) is 8.90. The Morgan fingerprint density at radius 3 is 2.32 bits per heavy atom. The van der Waals surface area contributed by atoms with Gasteiger partial charge >= 0.3 is 0 Å². The molecule has 2 aromatic rings. The summed E-state index contributed by atoms with van der Waals surface area (Å²) >= 11 is 3.34.